The molecule has 15 heavy (non-hydrogen) atoms. The van der Waals surface area contributed by atoms with Crippen molar-refractivity contribution in [3.05, 3.63) is 16.6 Å². The van der Waals surface area contributed by atoms with Crippen molar-refractivity contribution in [3.8, 4) is 0 Å². The summed E-state index contributed by atoms with van der Waals surface area (Å²) in [4.78, 5) is 17.3. The molecule has 1 saturated heterocycles. The Labute approximate surface area is 92.6 Å². The number of carbonyl (C=O) groups is 1. The van der Waals surface area contributed by atoms with Crippen LogP contribution >= 0.6 is 11.3 Å². The first-order chi connectivity index (χ1) is 7.18. The molecule has 2 atom stereocenters. The van der Waals surface area contributed by atoms with E-state index >= 15 is 0 Å². The van der Waals surface area contributed by atoms with E-state index in [0.717, 1.165) is 18.7 Å². The number of hydrogen-bond acceptors (Lipinski definition) is 4. The number of carboxylic acid groups (broad SMARTS) is 1. The number of thiazole rings is 1. The van der Waals surface area contributed by atoms with Gasteiger partial charge in [0.25, 0.3) is 0 Å². The highest BCUT2D eigenvalue weighted by molar-refractivity contribution is 7.07. The van der Waals surface area contributed by atoms with Crippen LogP contribution in [0.1, 0.15) is 19.0 Å². The van der Waals surface area contributed by atoms with E-state index in [1.807, 2.05) is 17.2 Å². The maximum absolute atomic E-state index is 11.1. The van der Waals surface area contributed by atoms with Gasteiger partial charge in [-0.3, -0.25) is 9.69 Å². The average Bonchev–Trinajstić information content (AvgIpc) is 2.76. The Hall–Kier alpha value is -0.940. The zero-order chi connectivity index (χ0) is 10.8. The van der Waals surface area contributed by atoms with E-state index in [1.54, 1.807) is 16.8 Å². The molecule has 1 aliphatic rings. The number of carboxylic acids is 1. The van der Waals surface area contributed by atoms with Crippen LogP contribution in [0.4, 0.5) is 0 Å². The number of hydrogen-bond donors (Lipinski definition) is 1. The molecule has 1 aliphatic heterocycles. The van der Waals surface area contributed by atoms with E-state index in [1.165, 1.54) is 0 Å². The lowest BCUT2D eigenvalue weighted by Gasteiger charge is -2.21. The number of likely N-dealkylation sites (tertiary alicyclic amines) is 1. The Morgan fingerprint density at radius 3 is 3.20 bits per heavy atom. The van der Waals surface area contributed by atoms with Crippen molar-refractivity contribution < 1.29 is 9.90 Å². The zero-order valence-corrected chi connectivity index (χ0v) is 9.41. The second-order valence-corrected chi connectivity index (χ2v) is 4.72. The van der Waals surface area contributed by atoms with Crippen LogP contribution in [-0.4, -0.2) is 33.5 Å². The smallest absolute Gasteiger partial charge is 0.321 e. The molecule has 1 aromatic heterocycles. The second kappa shape index (κ2) is 4.28. The van der Waals surface area contributed by atoms with Gasteiger partial charge in [-0.2, -0.15) is 0 Å². The van der Waals surface area contributed by atoms with Gasteiger partial charge in [0.1, 0.15) is 6.04 Å². The molecule has 0 amide bonds. The van der Waals surface area contributed by atoms with Crippen LogP contribution in [0.15, 0.2) is 10.9 Å². The molecule has 0 saturated carbocycles. The lowest BCUT2D eigenvalue weighted by molar-refractivity contribution is -0.143. The fraction of sp³-hybridized carbons (Fsp3) is 0.600. The molecule has 0 radical (unpaired) electrons. The summed E-state index contributed by atoms with van der Waals surface area (Å²) < 4.78 is 0. The fourth-order valence-corrected chi connectivity index (χ4v) is 2.68. The van der Waals surface area contributed by atoms with Gasteiger partial charge in [0.2, 0.25) is 0 Å². The summed E-state index contributed by atoms with van der Waals surface area (Å²) in [6.45, 7) is 3.51. The van der Waals surface area contributed by atoms with Gasteiger partial charge in [-0.05, 0) is 18.9 Å². The van der Waals surface area contributed by atoms with Gasteiger partial charge in [0, 0.05) is 11.9 Å². The van der Waals surface area contributed by atoms with Crippen molar-refractivity contribution in [3.63, 3.8) is 0 Å². The molecular weight excluding hydrogens is 212 g/mol. The van der Waals surface area contributed by atoms with Crippen molar-refractivity contribution in [1.82, 2.24) is 9.88 Å². The Morgan fingerprint density at radius 1 is 1.80 bits per heavy atom. The van der Waals surface area contributed by atoms with Gasteiger partial charge in [-0.25, -0.2) is 4.98 Å². The number of aliphatic carboxylic acids is 1. The molecule has 82 valence electrons. The van der Waals surface area contributed by atoms with Gasteiger partial charge >= 0.3 is 5.97 Å². The summed E-state index contributed by atoms with van der Waals surface area (Å²) in [5, 5.41) is 11.1. The van der Waals surface area contributed by atoms with Gasteiger partial charge in [0.15, 0.2) is 0 Å². The SMILES string of the molecule is CC1CCN(Cc2cscn2)C1C(=O)O. The minimum atomic E-state index is -0.713. The van der Waals surface area contributed by atoms with Crippen LogP contribution in [0, 0.1) is 5.92 Å². The molecule has 1 N–H and O–H groups in total. The van der Waals surface area contributed by atoms with E-state index in [-0.39, 0.29) is 12.0 Å². The fourth-order valence-electron chi connectivity index (χ4n) is 2.13. The predicted molar refractivity (Wildman–Crippen MR) is 57.7 cm³/mol. The maximum atomic E-state index is 11.1. The topological polar surface area (TPSA) is 53.4 Å². The first kappa shape index (κ1) is 10.6. The van der Waals surface area contributed by atoms with E-state index in [9.17, 15) is 4.79 Å². The Kier molecular flexibility index (Phi) is 3.02. The van der Waals surface area contributed by atoms with Gasteiger partial charge < -0.3 is 5.11 Å². The van der Waals surface area contributed by atoms with Crippen LogP contribution in [0.3, 0.4) is 0 Å². The van der Waals surface area contributed by atoms with Crippen LogP contribution in [-0.2, 0) is 11.3 Å². The highest BCUT2D eigenvalue weighted by Gasteiger charge is 2.36. The molecule has 4 nitrogen and oxygen atoms in total. The molecule has 1 fully saturated rings. The summed E-state index contributed by atoms with van der Waals surface area (Å²) >= 11 is 1.55. The number of nitrogens with zero attached hydrogens (tertiary/aromatic N) is 2. The summed E-state index contributed by atoms with van der Waals surface area (Å²) in [7, 11) is 0. The molecule has 0 spiro atoms. The predicted octanol–water partition coefficient (Wildman–Crippen LogP) is 1.44. The molecule has 5 heteroatoms. The number of aromatic nitrogens is 1. The molecule has 2 rings (SSSR count). The van der Waals surface area contributed by atoms with Gasteiger partial charge in [-0.15, -0.1) is 11.3 Å². The lowest BCUT2D eigenvalue weighted by Crippen LogP contribution is -2.38. The highest BCUT2D eigenvalue weighted by Crippen LogP contribution is 2.25. The molecule has 2 heterocycles. The second-order valence-electron chi connectivity index (χ2n) is 4.00. The molecule has 0 bridgehead atoms. The highest BCUT2D eigenvalue weighted by atomic mass is 32.1. The molecule has 1 aromatic rings. The number of rotatable bonds is 3. The monoisotopic (exact) mass is 226 g/mol. The van der Waals surface area contributed by atoms with E-state index < -0.39 is 5.97 Å². The Morgan fingerprint density at radius 2 is 2.60 bits per heavy atom. The summed E-state index contributed by atoms with van der Waals surface area (Å²) in [6.07, 6.45) is 0.959. The minimum Gasteiger partial charge on any atom is -0.480 e. The summed E-state index contributed by atoms with van der Waals surface area (Å²) in [6, 6.07) is -0.341. The average molecular weight is 226 g/mol. The van der Waals surface area contributed by atoms with E-state index in [4.69, 9.17) is 5.11 Å². The van der Waals surface area contributed by atoms with E-state index in [2.05, 4.69) is 4.98 Å². The van der Waals surface area contributed by atoms with Crippen molar-refractivity contribution in [2.45, 2.75) is 25.9 Å². The first-order valence-corrected chi connectivity index (χ1v) is 5.96. The van der Waals surface area contributed by atoms with Crippen molar-refractivity contribution in [2.75, 3.05) is 6.54 Å². The largest absolute Gasteiger partial charge is 0.480 e. The third kappa shape index (κ3) is 2.18. The van der Waals surface area contributed by atoms with Crippen molar-refractivity contribution in [1.29, 1.82) is 0 Å². The van der Waals surface area contributed by atoms with Crippen molar-refractivity contribution in [2.24, 2.45) is 5.92 Å². The lowest BCUT2D eigenvalue weighted by atomic mass is 10.0. The molecule has 0 aliphatic carbocycles. The third-order valence-corrected chi connectivity index (χ3v) is 3.54. The Balaban J connectivity index is 2.06. The summed E-state index contributed by atoms with van der Waals surface area (Å²) in [5.74, 6) is -0.476. The van der Waals surface area contributed by atoms with Gasteiger partial charge in [-0.1, -0.05) is 6.92 Å². The van der Waals surface area contributed by atoms with Crippen LogP contribution < -0.4 is 0 Å². The normalized spacial score (nSPS) is 27.0. The quantitative estimate of drug-likeness (QED) is 0.847. The standard InChI is InChI=1S/C10H14N2O2S/c1-7-2-3-12(9(7)10(13)14)4-8-5-15-6-11-8/h5-7,9H,2-4H2,1H3,(H,13,14). The van der Waals surface area contributed by atoms with Crippen LogP contribution in [0.5, 0.6) is 0 Å². The first-order valence-electron chi connectivity index (χ1n) is 5.02. The van der Waals surface area contributed by atoms with E-state index in [0.29, 0.717) is 6.54 Å². The Bertz CT molecular complexity index is 339. The van der Waals surface area contributed by atoms with Gasteiger partial charge in [0.05, 0.1) is 11.2 Å². The third-order valence-electron chi connectivity index (χ3n) is 2.91. The van der Waals surface area contributed by atoms with Crippen LogP contribution in [0.25, 0.3) is 0 Å². The minimum absolute atomic E-state index is 0.237. The zero-order valence-electron chi connectivity index (χ0n) is 8.59. The molecular formula is C10H14N2O2S. The summed E-state index contributed by atoms with van der Waals surface area (Å²) in [5.41, 5.74) is 2.75. The maximum Gasteiger partial charge on any atom is 0.321 e. The van der Waals surface area contributed by atoms with Crippen LogP contribution in [0.2, 0.25) is 0 Å². The van der Waals surface area contributed by atoms with Crippen molar-refractivity contribution >= 4 is 17.3 Å². The molecule has 0 aromatic carbocycles. The molecule has 2 unspecified atom stereocenters.